The van der Waals surface area contributed by atoms with Crippen molar-refractivity contribution in [3.8, 4) is 11.5 Å². The molecule has 0 saturated carbocycles. The summed E-state index contributed by atoms with van der Waals surface area (Å²) in [6.45, 7) is 0. The van der Waals surface area contributed by atoms with Gasteiger partial charge in [0.15, 0.2) is 11.6 Å². The largest absolute Gasteiger partial charge is 0.454 e. The zero-order valence-electron chi connectivity index (χ0n) is 8.08. The summed E-state index contributed by atoms with van der Waals surface area (Å²) in [7, 11) is 0. The van der Waals surface area contributed by atoms with Gasteiger partial charge in [0, 0.05) is 3.57 Å². The van der Waals surface area contributed by atoms with E-state index in [0.717, 1.165) is 3.57 Å². The van der Waals surface area contributed by atoms with Crippen molar-refractivity contribution in [3.63, 3.8) is 0 Å². The summed E-state index contributed by atoms with van der Waals surface area (Å²) in [5.74, 6) is -0.250. The molecule has 2 aromatic rings. The van der Waals surface area contributed by atoms with Gasteiger partial charge >= 0.3 is 0 Å². The van der Waals surface area contributed by atoms with Gasteiger partial charge in [-0.25, -0.2) is 8.78 Å². The molecule has 0 aliphatic rings. The van der Waals surface area contributed by atoms with Gasteiger partial charge in [-0.05, 0) is 65.1 Å². The average molecular weight is 332 g/mol. The monoisotopic (exact) mass is 332 g/mol. The fourth-order valence-electron chi connectivity index (χ4n) is 1.19. The van der Waals surface area contributed by atoms with Crippen molar-refractivity contribution in [1.29, 1.82) is 0 Å². The number of hydrogen-bond acceptors (Lipinski definition) is 1. The van der Waals surface area contributed by atoms with E-state index < -0.39 is 5.82 Å². The van der Waals surface area contributed by atoms with Gasteiger partial charge in [-0.2, -0.15) is 0 Å². The lowest BCUT2D eigenvalue weighted by atomic mass is 10.3. The van der Waals surface area contributed by atoms with E-state index in [9.17, 15) is 8.78 Å². The van der Waals surface area contributed by atoms with E-state index in [1.165, 1.54) is 30.3 Å². The highest BCUT2D eigenvalue weighted by Gasteiger charge is 2.05. The highest BCUT2D eigenvalue weighted by Crippen LogP contribution is 2.25. The van der Waals surface area contributed by atoms with Crippen LogP contribution in [0.15, 0.2) is 42.5 Å². The minimum Gasteiger partial charge on any atom is -0.454 e. The van der Waals surface area contributed by atoms with E-state index >= 15 is 0 Å². The SMILES string of the molecule is Fc1ccc(Oc2ccc(I)cc2F)cc1. The van der Waals surface area contributed by atoms with Gasteiger partial charge in [0.05, 0.1) is 0 Å². The van der Waals surface area contributed by atoms with Gasteiger partial charge in [0.25, 0.3) is 0 Å². The van der Waals surface area contributed by atoms with Crippen molar-refractivity contribution in [3.05, 3.63) is 57.7 Å². The summed E-state index contributed by atoms with van der Waals surface area (Å²) in [6.07, 6.45) is 0. The molecule has 4 heteroatoms. The summed E-state index contributed by atoms with van der Waals surface area (Å²) >= 11 is 2.01. The van der Waals surface area contributed by atoms with E-state index in [0.29, 0.717) is 5.75 Å². The Morgan fingerprint density at radius 1 is 0.938 bits per heavy atom. The molecule has 0 radical (unpaired) electrons. The third-order valence-corrected chi connectivity index (χ3v) is 2.61. The molecule has 0 aliphatic carbocycles. The predicted octanol–water partition coefficient (Wildman–Crippen LogP) is 4.36. The van der Waals surface area contributed by atoms with Gasteiger partial charge in [0.1, 0.15) is 11.6 Å². The fraction of sp³-hybridized carbons (Fsp3) is 0. The van der Waals surface area contributed by atoms with E-state index in [1.807, 2.05) is 22.6 Å². The minimum absolute atomic E-state index is 0.132. The summed E-state index contributed by atoms with van der Waals surface area (Å²) in [5, 5.41) is 0. The van der Waals surface area contributed by atoms with Crippen LogP contribution in [0.5, 0.6) is 11.5 Å². The molecule has 0 bridgehead atoms. The third kappa shape index (κ3) is 2.69. The first-order valence-electron chi connectivity index (χ1n) is 4.53. The highest BCUT2D eigenvalue weighted by molar-refractivity contribution is 14.1. The second-order valence-electron chi connectivity index (χ2n) is 3.13. The van der Waals surface area contributed by atoms with Gasteiger partial charge in [-0.1, -0.05) is 0 Å². The van der Waals surface area contributed by atoms with Crippen LogP contribution >= 0.6 is 22.6 Å². The Bertz CT molecular complexity index is 497. The molecule has 0 aliphatic heterocycles. The molecule has 0 fully saturated rings. The summed E-state index contributed by atoms with van der Waals surface area (Å²) in [4.78, 5) is 0. The van der Waals surface area contributed by atoms with Crippen molar-refractivity contribution in [1.82, 2.24) is 0 Å². The van der Waals surface area contributed by atoms with Crippen molar-refractivity contribution in [2.24, 2.45) is 0 Å². The number of hydrogen-bond donors (Lipinski definition) is 0. The highest BCUT2D eigenvalue weighted by atomic mass is 127. The normalized spacial score (nSPS) is 10.2. The summed E-state index contributed by atoms with van der Waals surface area (Å²) < 4.78 is 32.1. The van der Waals surface area contributed by atoms with Crippen molar-refractivity contribution < 1.29 is 13.5 Å². The maximum absolute atomic E-state index is 13.4. The van der Waals surface area contributed by atoms with Crippen molar-refractivity contribution >= 4 is 22.6 Å². The Morgan fingerprint density at radius 3 is 2.25 bits per heavy atom. The molecule has 2 aromatic carbocycles. The van der Waals surface area contributed by atoms with Crippen LogP contribution in [0.3, 0.4) is 0 Å². The molecule has 0 unspecified atom stereocenters. The van der Waals surface area contributed by atoms with Crippen LogP contribution in [0.4, 0.5) is 8.78 Å². The van der Waals surface area contributed by atoms with Gasteiger partial charge < -0.3 is 4.74 Å². The van der Waals surface area contributed by atoms with Crippen LogP contribution in [0.2, 0.25) is 0 Å². The molecular weight excluding hydrogens is 325 g/mol. The minimum atomic E-state index is -0.434. The topological polar surface area (TPSA) is 9.23 Å². The fourth-order valence-corrected chi connectivity index (χ4v) is 1.64. The Hall–Kier alpha value is -1.17. The molecule has 0 heterocycles. The first-order chi connectivity index (χ1) is 7.65. The summed E-state index contributed by atoms with van der Waals surface area (Å²) in [5.41, 5.74) is 0. The first kappa shape index (κ1) is 11.3. The van der Waals surface area contributed by atoms with Crippen LogP contribution in [-0.4, -0.2) is 0 Å². The van der Waals surface area contributed by atoms with Gasteiger partial charge in [0.2, 0.25) is 0 Å². The molecule has 16 heavy (non-hydrogen) atoms. The smallest absolute Gasteiger partial charge is 0.166 e. The van der Waals surface area contributed by atoms with Crippen LogP contribution in [0.25, 0.3) is 0 Å². The quantitative estimate of drug-likeness (QED) is 0.743. The average Bonchev–Trinajstić information content (AvgIpc) is 2.25. The number of benzene rings is 2. The first-order valence-corrected chi connectivity index (χ1v) is 5.61. The van der Waals surface area contributed by atoms with Crippen LogP contribution in [-0.2, 0) is 0 Å². The number of halogens is 3. The molecular formula is C12H7F2IO. The molecule has 0 atom stereocenters. The molecule has 82 valence electrons. The Balaban J connectivity index is 2.23. The lowest BCUT2D eigenvalue weighted by Crippen LogP contribution is -1.89. The zero-order chi connectivity index (χ0) is 11.5. The number of rotatable bonds is 2. The Morgan fingerprint density at radius 2 is 1.62 bits per heavy atom. The molecule has 1 nitrogen and oxygen atoms in total. The predicted molar refractivity (Wildman–Crippen MR) is 65.6 cm³/mol. The van der Waals surface area contributed by atoms with Crippen LogP contribution < -0.4 is 4.74 Å². The maximum atomic E-state index is 13.4. The Labute approximate surface area is 105 Å². The van der Waals surface area contributed by atoms with Gasteiger partial charge in [-0.3, -0.25) is 0 Å². The Kier molecular flexibility index (Phi) is 3.38. The van der Waals surface area contributed by atoms with Crippen LogP contribution in [0.1, 0.15) is 0 Å². The molecule has 0 amide bonds. The molecule has 0 N–H and O–H groups in total. The van der Waals surface area contributed by atoms with E-state index in [4.69, 9.17) is 4.74 Å². The van der Waals surface area contributed by atoms with Crippen molar-refractivity contribution in [2.75, 3.05) is 0 Å². The molecule has 0 aromatic heterocycles. The van der Waals surface area contributed by atoms with E-state index in [1.54, 1.807) is 12.1 Å². The standard InChI is InChI=1S/C12H7F2IO/c13-8-1-4-10(5-2-8)16-12-6-3-9(15)7-11(12)14/h1-7H. The molecule has 2 rings (SSSR count). The van der Waals surface area contributed by atoms with E-state index in [-0.39, 0.29) is 11.6 Å². The maximum Gasteiger partial charge on any atom is 0.166 e. The second kappa shape index (κ2) is 4.78. The lowest BCUT2D eigenvalue weighted by molar-refractivity contribution is 0.441. The molecule has 0 spiro atoms. The summed E-state index contributed by atoms with van der Waals surface area (Å²) in [6, 6.07) is 10.1. The zero-order valence-corrected chi connectivity index (χ0v) is 10.2. The molecule has 0 saturated heterocycles. The lowest BCUT2D eigenvalue weighted by Gasteiger charge is -2.06. The van der Waals surface area contributed by atoms with E-state index in [2.05, 4.69) is 0 Å². The third-order valence-electron chi connectivity index (χ3n) is 1.94. The second-order valence-corrected chi connectivity index (χ2v) is 4.38. The van der Waals surface area contributed by atoms with Crippen LogP contribution in [0, 0.1) is 15.2 Å². The van der Waals surface area contributed by atoms with Crippen molar-refractivity contribution in [2.45, 2.75) is 0 Å². The number of ether oxygens (including phenoxy) is 1. The van der Waals surface area contributed by atoms with Gasteiger partial charge in [-0.15, -0.1) is 0 Å².